The van der Waals surface area contributed by atoms with Crippen LogP contribution >= 0.6 is 11.6 Å². The van der Waals surface area contributed by atoms with E-state index < -0.39 is 0 Å². The number of amides is 1. The number of halogens is 1. The van der Waals surface area contributed by atoms with Crippen molar-refractivity contribution in [2.24, 2.45) is 5.92 Å². The van der Waals surface area contributed by atoms with Crippen LogP contribution in [-0.4, -0.2) is 32.7 Å². The lowest BCUT2D eigenvalue weighted by atomic mass is 9.92. The van der Waals surface area contributed by atoms with Gasteiger partial charge >= 0.3 is 0 Å². The van der Waals surface area contributed by atoms with Crippen LogP contribution in [0.1, 0.15) is 19.8 Å². The molecule has 1 aromatic carbocycles. The van der Waals surface area contributed by atoms with Crippen molar-refractivity contribution in [3.63, 3.8) is 0 Å². The van der Waals surface area contributed by atoms with Gasteiger partial charge in [0.1, 0.15) is 11.5 Å². The molecule has 1 aliphatic heterocycles. The lowest BCUT2D eigenvalue weighted by Gasteiger charge is -2.27. The van der Waals surface area contributed by atoms with Gasteiger partial charge in [0.2, 0.25) is 5.91 Å². The van der Waals surface area contributed by atoms with E-state index in [1.165, 1.54) is 7.11 Å². The number of benzene rings is 1. The molecular formula is C15H21ClN2O3. The summed E-state index contributed by atoms with van der Waals surface area (Å²) in [5, 5.41) is 6.71. The van der Waals surface area contributed by atoms with E-state index in [0.717, 1.165) is 19.4 Å². The summed E-state index contributed by atoms with van der Waals surface area (Å²) in [7, 11) is 3.08. The molecule has 5 nitrogen and oxygen atoms in total. The van der Waals surface area contributed by atoms with Crippen molar-refractivity contribution >= 4 is 23.2 Å². The minimum absolute atomic E-state index is 0.00558. The molecule has 116 valence electrons. The highest BCUT2D eigenvalue weighted by atomic mass is 35.5. The number of hydrogen-bond donors (Lipinski definition) is 2. The first kappa shape index (κ1) is 15.9. The molecule has 1 heterocycles. The second kappa shape index (κ2) is 7.00. The zero-order valence-electron chi connectivity index (χ0n) is 12.5. The fourth-order valence-electron chi connectivity index (χ4n) is 2.56. The van der Waals surface area contributed by atoms with Crippen molar-refractivity contribution in [3.8, 4) is 11.5 Å². The SMILES string of the molecule is COc1cc(NC(=O)C2CCNC(C)C2)c(OC)cc1Cl. The number of anilines is 1. The highest BCUT2D eigenvalue weighted by molar-refractivity contribution is 6.32. The fraction of sp³-hybridized carbons (Fsp3) is 0.533. The predicted molar refractivity (Wildman–Crippen MR) is 83.4 cm³/mol. The molecule has 1 amide bonds. The average molecular weight is 313 g/mol. The second-order valence-electron chi connectivity index (χ2n) is 5.25. The highest BCUT2D eigenvalue weighted by Gasteiger charge is 2.25. The van der Waals surface area contributed by atoms with Gasteiger partial charge in [-0.25, -0.2) is 0 Å². The Balaban J connectivity index is 2.16. The van der Waals surface area contributed by atoms with Crippen LogP contribution in [0.25, 0.3) is 0 Å². The van der Waals surface area contributed by atoms with Gasteiger partial charge in [-0.05, 0) is 26.3 Å². The molecule has 2 atom stereocenters. The van der Waals surface area contributed by atoms with Crippen molar-refractivity contribution in [3.05, 3.63) is 17.2 Å². The van der Waals surface area contributed by atoms with Gasteiger partial charge in [0, 0.05) is 24.1 Å². The number of methoxy groups -OCH3 is 2. The van der Waals surface area contributed by atoms with Gasteiger partial charge in [-0.3, -0.25) is 4.79 Å². The number of hydrogen-bond acceptors (Lipinski definition) is 4. The molecule has 0 aliphatic carbocycles. The summed E-state index contributed by atoms with van der Waals surface area (Å²) in [5.41, 5.74) is 0.579. The summed E-state index contributed by atoms with van der Waals surface area (Å²) in [6.45, 7) is 2.95. The Hall–Kier alpha value is -1.46. The van der Waals surface area contributed by atoms with Gasteiger partial charge in [-0.2, -0.15) is 0 Å². The van der Waals surface area contributed by atoms with Crippen molar-refractivity contribution in [1.82, 2.24) is 5.32 Å². The summed E-state index contributed by atoms with van der Waals surface area (Å²) in [6.07, 6.45) is 1.67. The maximum atomic E-state index is 12.4. The second-order valence-corrected chi connectivity index (χ2v) is 5.66. The third kappa shape index (κ3) is 3.80. The lowest BCUT2D eigenvalue weighted by Crippen LogP contribution is -2.40. The van der Waals surface area contributed by atoms with Gasteiger partial charge in [0.25, 0.3) is 0 Å². The van der Waals surface area contributed by atoms with Crippen LogP contribution in [0.2, 0.25) is 5.02 Å². The molecule has 0 saturated carbocycles. The number of carbonyl (C=O) groups is 1. The van der Waals surface area contributed by atoms with E-state index in [1.54, 1.807) is 19.2 Å². The first-order valence-electron chi connectivity index (χ1n) is 7.01. The van der Waals surface area contributed by atoms with E-state index in [1.807, 2.05) is 0 Å². The molecular weight excluding hydrogens is 292 g/mol. The summed E-state index contributed by atoms with van der Waals surface area (Å²) in [6, 6.07) is 3.68. The molecule has 0 spiro atoms. The number of nitrogens with one attached hydrogen (secondary N) is 2. The van der Waals surface area contributed by atoms with Gasteiger partial charge in [-0.1, -0.05) is 11.6 Å². The zero-order chi connectivity index (χ0) is 15.4. The quantitative estimate of drug-likeness (QED) is 0.897. The molecule has 1 aliphatic rings. The first-order chi connectivity index (χ1) is 10.0. The molecule has 1 saturated heterocycles. The lowest BCUT2D eigenvalue weighted by molar-refractivity contribution is -0.120. The van der Waals surface area contributed by atoms with Crippen molar-refractivity contribution in [2.75, 3.05) is 26.1 Å². The Morgan fingerprint density at radius 3 is 2.67 bits per heavy atom. The molecule has 21 heavy (non-hydrogen) atoms. The van der Waals surface area contributed by atoms with E-state index in [-0.39, 0.29) is 11.8 Å². The largest absolute Gasteiger partial charge is 0.495 e. The van der Waals surface area contributed by atoms with E-state index in [9.17, 15) is 4.79 Å². The van der Waals surface area contributed by atoms with Crippen LogP contribution in [-0.2, 0) is 4.79 Å². The monoisotopic (exact) mass is 312 g/mol. The molecule has 2 rings (SSSR count). The Morgan fingerprint density at radius 1 is 1.33 bits per heavy atom. The topological polar surface area (TPSA) is 59.6 Å². The normalized spacial score (nSPS) is 21.7. The Morgan fingerprint density at radius 2 is 2.05 bits per heavy atom. The average Bonchev–Trinajstić information content (AvgIpc) is 2.48. The minimum Gasteiger partial charge on any atom is -0.495 e. The summed E-state index contributed by atoms with van der Waals surface area (Å²) >= 11 is 6.06. The highest BCUT2D eigenvalue weighted by Crippen LogP contribution is 2.36. The third-order valence-electron chi connectivity index (χ3n) is 3.73. The fourth-order valence-corrected chi connectivity index (χ4v) is 2.79. The van der Waals surface area contributed by atoms with E-state index in [4.69, 9.17) is 21.1 Å². The van der Waals surface area contributed by atoms with Crippen LogP contribution in [0.4, 0.5) is 5.69 Å². The van der Waals surface area contributed by atoms with Crippen LogP contribution in [0.15, 0.2) is 12.1 Å². The molecule has 1 fully saturated rings. The Bertz CT molecular complexity index is 522. The number of piperidine rings is 1. The van der Waals surface area contributed by atoms with Crippen molar-refractivity contribution < 1.29 is 14.3 Å². The zero-order valence-corrected chi connectivity index (χ0v) is 13.3. The summed E-state index contributed by atoms with van der Waals surface area (Å²) in [4.78, 5) is 12.4. The number of rotatable bonds is 4. The standard InChI is InChI=1S/C15H21ClN2O3/c1-9-6-10(4-5-17-9)15(19)18-12-8-13(20-2)11(16)7-14(12)21-3/h7-10,17H,4-6H2,1-3H3,(H,18,19). The first-order valence-corrected chi connectivity index (χ1v) is 7.38. The van der Waals surface area contributed by atoms with Crippen molar-refractivity contribution in [1.29, 1.82) is 0 Å². The van der Waals surface area contributed by atoms with E-state index >= 15 is 0 Å². The summed E-state index contributed by atoms with van der Waals surface area (Å²) < 4.78 is 10.4. The van der Waals surface area contributed by atoms with Gasteiger partial charge in [-0.15, -0.1) is 0 Å². The number of carbonyl (C=O) groups excluding carboxylic acids is 1. The smallest absolute Gasteiger partial charge is 0.227 e. The van der Waals surface area contributed by atoms with E-state index in [2.05, 4.69) is 17.6 Å². The predicted octanol–water partition coefficient (Wildman–Crippen LogP) is 2.68. The number of ether oxygens (including phenoxy) is 2. The molecule has 6 heteroatoms. The van der Waals surface area contributed by atoms with Crippen LogP contribution < -0.4 is 20.1 Å². The third-order valence-corrected chi connectivity index (χ3v) is 4.02. The molecule has 2 N–H and O–H groups in total. The summed E-state index contributed by atoms with van der Waals surface area (Å²) in [5.74, 6) is 1.04. The van der Waals surface area contributed by atoms with Crippen LogP contribution in [0.3, 0.4) is 0 Å². The molecule has 1 aromatic rings. The van der Waals surface area contributed by atoms with Gasteiger partial charge in [0.15, 0.2) is 0 Å². The molecule has 2 unspecified atom stereocenters. The van der Waals surface area contributed by atoms with Crippen molar-refractivity contribution in [2.45, 2.75) is 25.8 Å². The Kier molecular flexibility index (Phi) is 5.31. The maximum absolute atomic E-state index is 12.4. The molecule has 0 bridgehead atoms. The Labute approximate surface area is 130 Å². The maximum Gasteiger partial charge on any atom is 0.227 e. The van der Waals surface area contributed by atoms with Gasteiger partial charge < -0.3 is 20.1 Å². The molecule has 0 radical (unpaired) electrons. The minimum atomic E-state index is 0.00558. The van der Waals surface area contributed by atoms with Crippen LogP contribution in [0, 0.1) is 5.92 Å². The van der Waals surface area contributed by atoms with E-state index in [0.29, 0.717) is 28.3 Å². The molecule has 0 aromatic heterocycles. The van der Waals surface area contributed by atoms with Gasteiger partial charge in [0.05, 0.1) is 24.9 Å². The van der Waals surface area contributed by atoms with Crippen LogP contribution in [0.5, 0.6) is 11.5 Å².